The Morgan fingerprint density at radius 2 is 2.42 bits per heavy atom. The summed E-state index contributed by atoms with van der Waals surface area (Å²) in [6.07, 6.45) is 2.91. The summed E-state index contributed by atoms with van der Waals surface area (Å²) in [6.45, 7) is 0.561. The zero-order valence-electron chi connectivity index (χ0n) is 6.90. The largest absolute Gasteiger partial charge is 0.387 e. The Morgan fingerprint density at radius 3 is 2.92 bits per heavy atom. The number of halogens is 1. The van der Waals surface area contributed by atoms with Gasteiger partial charge in [-0.2, -0.15) is 0 Å². The van der Waals surface area contributed by atoms with E-state index in [1.807, 2.05) is 12.1 Å². The zero-order valence-corrected chi connectivity index (χ0v) is 8.61. The van der Waals surface area contributed by atoms with E-state index >= 15 is 0 Å². The number of aliphatic hydroxyl groups is 1. The molecule has 1 unspecified atom stereocenters. The molecule has 3 nitrogen and oxygen atoms in total. The quantitative estimate of drug-likeness (QED) is 0.815. The Balaban J connectivity index is 0.00000121. The van der Waals surface area contributed by atoms with Gasteiger partial charge in [0.25, 0.3) is 0 Å². The van der Waals surface area contributed by atoms with Crippen molar-refractivity contribution in [2.45, 2.75) is 6.10 Å². The van der Waals surface area contributed by atoms with Crippen molar-refractivity contribution in [3.8, 4) is 0 Å². The number of likely N-dealkylation sites (N-methyl/N-ethyl adjacent to an activating group) is 1. The van der Waals surface area contributed by atoms with Crippen LogP contribution in [0.25, 0.3) is 0 Å². The molecule has 0 saturated heterocycles. The van der Waals surface area contributed by atoms with Crippen molar-refractivity contribution < 1.29 is 5.11 Å². The van der Waals surface area contributed by atoms with Crippen LogP contribution in [0.15, 0.2) is 24.5 Å². The van der Waals surface area contributed by atoms with Gasteiger partial charge in [-0.25, -0.2) is 0 Å². The average Bonchev–Trinajstić information content (AvgIpc) is 2.07. The molecule has 0 aliphatic rings. The number of hydrogen-bond acceptors (Lipinski definition) is 3. The van der Waals surface area contributed by atoms with Gasteiger partial charge in [0.2, 0.25) is 0 Å². The molecular formula is C8H13BrN2O. The Bertz CT molecular complexity index is 205. The highest BCUT2D eigenvalue weighted by Gasteiger charge is 2.03. The number of rotatable bonds is 3. The van der Waals surface area contributed by atoms with E-state index in [1.165, 1.54) is 0 Å². The Hall–Kier alpha value is -0.450. The van der Waals surface area contributed by atoms with E-state index in [0.29, 0.717) is 6.54 Å². The molecule has 0 aromatic carbocycles. The third-order valence-electron chi connectivity index (χ3n) is 1.47. The SMILES string of the molecule is Br.CNCC(O)c1cccnc1. The van der Waals surface area contributed by atoms with E-state index in [2.05, 4.69) is 10.3 Å². The minimum Gasteiger partial charge on any atom is -0.387 e. The van der Waals surface area contributed by atoms with Crippen molar-refractivity contribution in [3.05, 3.63) is 30.1 Å². The van der Waals surface area contributed by atoms with Gasteiger partial charge in [0.05, 0.1) is 6.10 Å². The predicted octanol–water partition coefficient (Wildman–Crippen LogP) is 0.912. The number of pyridine rings is 1. The van der Waals surface area contributed by atoms with Gasteiger partial charge in [-0.3, -0.25) is 4.98 Å². The lowest BCUT2D eigenvalue weighted by Crippen LogP contribution is -2.16. The van der Waals surface area contributed by atoms with Crippen LogP contribution in [0.1, 0.15) is 11.7 Å². The monoisotopic (exact) mass is 232 g/mol. The Kier molecular flexibility index (Phi) is 5.88. The second-order valence-corrected chi connectivity index (χ2v) is 2.36. The van der Waals surface area contributed by atoms with Gasteiger partial charge >= 0.3 is 0 Å². The summed E-state index contributed by atoms with van der Waals surface area (Å²) in [5.41, 5.74) is 0.849. The minimum absolute atomic E-state index is 0. The maximum atomic E-state index is 9.42. The molecule has 0 spiro atoms. The maximum Gasteiger partial charge on any atom is 0.0929 e. The molecule has 2 N–H and O–H groups in total. The summed E-state index contributed by atoms with van der Waals surface area (Å²) in [4.78, 5) is 3.90. The molecule has 0 aliphatic heterocycles. The predicted molar refractivity (Wildman–Crippen MR) is 53.4 cm³/mol. The molecule has 0 bridgehead atoms. The maximum absolute atomic E-state index is 9.42. The van der Waals surface area contributed by atoms with Crippen molar-refractivity contribution in [2.24, 2.45) is 0 Å². The molecule has 1 atom stereocenters. The summed E-state index contributed by atoms with van der Waals surface area (Å²) in [5, 5.41) is 12.3. The lowest BCUT2D eigenvalue weighted by Gasteiger charge is -2.08. The van der Waals surface area contributed by atoms with Crippen LogP contribution in [0.3, 0.4) is 0 Å². The van der Waals surface area contributed by atoms with Crippen molar-refractivity contribution in [3.63, 3.8) is 0 Å². The van der Waals surface area contributed by atoms with Crippen molar-refractivity contribution in [1.29, 1.82) is 0 Å². The first kappa shape index (κ1) is 11.6. The first-order valence-electron chi connectivity index (χ1n) is 3.57. The first-order valence-corrected chi connectivity index (χ1v) is 3.57. The van der Waals surface area contributed by atoms with Gasteiger partial charge in [0, 0.05) is 24.5 Å². The molecule has 0 fully saturated rings. The number of nitrogens with one attached hydrogen (secondary N) is 1. The van der Waals surface area contributed by atoms with Crippen LogP contribution in [0.4, 0.5) is 0 Å². The average molecular weight is 233 g/mol. The standard InChI is InChI=1S/C8H12N2O.BrH/c1-9-6-8(11)7-3-2-4-10-5-7;/h2-5,8-9,11H,6H2,1H3;1H. The van der Waals surface area contributed by atoms with Crippen LogP contribution >= 0.6 is 17.0 Å². The van der Waals surface area contributed by atoms with Gasteiger partial charge < -0.3 is 10.4 Å². The molecular weight excluding hydrogens is 220 g/mol. The van der Waals surface area contributed by atoms with E-state index in [9.17, 15) is 5.11 Å². The van der Waals surface area contributed by atoms with E-state index in [4.69, 9.17) is 0 Å². The Labute approximate surface area is 82.6 Å². The number of nitrogens with zero attached hydrogens (tertiary/aromatic N) is 1. The normalized spacial score (nSPS) is 11.8. The molecule has 1 heterocycles. The number of hydrogen-bond donors (Lipinski definition) is 2. The fourth-order valence-electron chi connectivity index (χ4n) is 0.884. The minimum atomic E-state index is -0.450. The van der Waals surface area contributed by atoms with Gasteiger partial charge in [0.15, 0.2) is 0 Å². The van der Waals surface area contributed by atoms with Crippen molar-refractivity contribution in [2.75, 3.05) is 13.6 Å². The van der Waals surface area contributed by atoms with E-state index in [0.717, 1.165) is 5.56 Å². The van der Waals surface area contributed by atoms with Crippen LogP contribution in [-0.2, 0) is 0 Å². The summed E-state index contributed by atoms with van der Waals surface area (Å²) in [6, 6.07) is 3.67. The molecule has 0 aliphatic carbocycles. The fourth-order valence-corrected chi connectivity index (χ4v) is 0.884. The number of aromatic nitrogens is 1. The molecule has 1 aromatic heterocycles. The van der Waals surface area contributed by atoms with Crippen LogP contribution in [0.2, 0.25) is 0 Å². The van der Waals surface area contributed by atoms with Crippen LogP contribution in [0, 0.1) is 0 Å². The molecule has 0 radical (unpaired) electrons. The summed E-state index contributed by atoms with van der Waals surface area (Å²) >= 11 is 0. The third kappa shape index (κ3) is 3.30. The smallest absolute Gasteiger partial charge is 0.0929 e. The van der Waals surface area contributed by atoms with E-state index < -0.39 is 6.10 Å². The third-order valence-corrected chi connectivity index (χ3v) is 1.47. The van der Waals surface area contributed by atoms with Gasteiger partial charge in [-0.05, 0) is 13.1 Å². The summed E-state index contributed by atoms with van der Waals surface area (Å²) in [5.74, 6) is 0. The zero-order chi connectivity index (χ0) is 8.10. The van der Waals surface area contributed by atoms with Crippen LogP contribution in [0.5, 0.6) is 0 Å². The highest BCUT2D eigenvalue weighted by atomic mass is 79.9. The van der Waals surface area contributed by atoms with Crippen molar-refractivity contribution >= 4 is 17.0 Å². The topological polar surface area (TPSA) is 45.1 Å². The first-order chi connectivity index (χ1) is 5.34. The van der Waals surface area contributed by atoms with Gasteiger partial charge in [0.1, 0.15) is 0 Å². The fraction of sp³-hybridized carbons (Fsp3) is 0.375. The highest BCUT2D eigenvalue weighted by Crippen LogP contribution is 2.08. The molecule has 1 aromatic rings. The second kappa shape index (κ2) is 6.11. The number of aliphatic hydroxyl groups excluding tert-OH is 1. The molecule has 0 amide bonds. The van der Waals surface area contributed by atoms with E-state index in [1.54, 1.807) is 19.4 Å². The molecule has 12 heavy (non-hydrogen) atoms. The molecule has 68 valence electrons. The lowest BCUT2D eigenvalue weighted by atomic mass is 10.2. The second-order valence-electron chi connectivity index (χ2n) is 2.36. The van der Waals surface area contributed by atoms with Crippen LogP contribution < -0.4 is 5.32 Å². The Morgan fingerprint density at radius 1 is 1.67 bits per heavy atom. The summed E-state index contributed by atoms with van der Waals surface area (Å²) in [7, 11) is 1.81. The van der Waals surface area contributed by atoms with Gasteiger partial charge in [-0.15, -0.1) is 17.0 Å². The van der Waals surface area contributed by atoms with Crippen molar-refractivity contribution in [1.82, 2.24) is 10.3 Å². The molecule has 0 saturated carbocycles. The van der Waals surface area contributed by atoms with Crippen LogP contribution in [-0.4, -0.2) is 23.7 Å². The lowest BCUT2D eigenvalue weighted by molar-refractivity contribution is 0.177. The van der Waals surface area contributed by atoms with Gasteiger partial charge in [-0.1, -0.05) is 6.07 Å². The molecule has 1 rings (SSSR count). The highest BCUT2D eigenvalue weighted by molar-refractivity contribution is 8.93. The molecule has 4 heteroatoms. The van der Waals surface area contributed by atoms with E-state index in [-0.39, 0.29) is 17.0 Å². The summed E-state index contributed by atoms with van der Waals surface area (Å²) < 4.78 is 0.